The Bertz CT molecular complexity index is 196. The lowest BCUT2D eigenvalue weighted by atomic mass is 10.00. The molecule has 1 fully saturated rings. The summed E-state index contributed by atoms with van der Waals surface area (Å²) in [5.41, 5.74) is 0.0166. The van der Waals surface area contributed by atoms with Crippen molar-refractivity contribution in [2.24, 2.45) is 5.92 Å². The molecule has 0 spiro atoms. The van der Waals surface area contributed by atoms with Gasteiger partial charge in [0.2, 0.25) is 0 Å². The summed E-state index contributed by atoms with van der Waals surface area (Å²) in [6.45, 7) is 6.22. The second-order valence-corrected chi connectivity index (χ2v) is 4.88. The van der Waals surface area contributed by atoms with Crippen LogP contribution >= 0.6 is 0 Å². The van der Waals surface area contributed by atoms with Crippen molar-refractivity contribution in [3.63, 3.8) is 0 Å². The molecule has 0 aromatic heterocycles. The van der Waals surface area contributed by atoms with E-state index in [1.807, 2.05) is 0 Å². The maximum atomic E-state index is 10.9. The Balaban J connectivity index is 2.54. The summed E-state index contributed by atoms with van der Waals surface area (Å²) in [6.07, 6.45) is 2.85. The molecule has 0 aromatic rings. The molecule has 1 rings (SSSR count). The van der Waals surface area contributed by atoms with Gasteiger partial charge in [0.25, 0.3) is 0 Å². The van der Waals surface area contributed by atoms with Gasteiger partial charge < -0.3 is 10.4 Å². The van der Waals surface area contributed by atoms with Crippen LogP contribution in [-0.4, -0.2) is 22.7 Å². The Morgan fingerprint density at radius 1 is 1.38 bits per heavy atom. The van der Waals surface area contributed by atoms with E-state index in [1.165, 1.54) is 0 Å². The van der Waals surface area contributed by atoms with E-state index in [9.17, 15) is 4.79 Å². The molecule has 0 saturated heterocycles. The number of aliphatic carboxylic acids is 1. The Morgan fingerprint density at radius 3 is 2.46 bits per heavy atom. The van der Waals surface area contributed by atoms with Gasteiger partial charge in [-0.15, -0.1) is 0 Å². The number of carboxylic acids is 1. The molecule has 2 atom stereocenters. The third-order valence-corrected chi connectivity index (χ3v) is 2.45. The van der Waals surface area contributed by atoms with Gasteiger partial charge in [0.1, 0.15) is 0 Å². The second kappa shape index (κ2) is 3.66. The number of nitrogens with one attached hydrogen (secondary N) is 1. The van der Waals surface area contributed by atoms with Crippen LogP contribution in [0.3, 0.4) is 0 Å². The minimum absolute atomic E-state index is 0.0166. The van der Waals surface area contributed by atoms with Gasteiger partial charge >= 0.3 is 5.97 Å². The monoisotopic (exact) mass is 185 g/mol. The van der Waals surface area contributed by atoms with Gasteiger partial charge in [0.05, 0.1) is 5.92 Å². The smallest absolute Gasteiger partial charge is 0.308 e. The van der Waals surface area contributed by atoms with E-state index in [2.05, 4.69) is 26.1 Å². The molecule has 0 radical (unpaired) electrons. The Labute approximate surface area is 79.5 Å². The molecular weight excluding hydrogens is 166 g/mol. The third kappa shape index (κ3) is 2.99. The summed E-state index contributed by atoms with van der Waals surface area (Å²) in [6, 6.07) is 0.164. The summed E-state index contributed by atoms with van der Waals surface area (Å²) < 4.78 is 0. The lowest BCUT2D eigenvalue weighted by Gasteiger charge is -2.28. The van der Waals surface area contributed by atoms with E-state index in [-0.39, 0.29) is 17.5 Å². The number of hydrogen-bond donors (Lipinski definition) is 2. The van der Waals surface area contributed by atoms with Crippen molar-refractivity contribution < 1.29 is 9.90 Å². The van der Waals surface area contributed by atoms with Crippen LogP contribution in [0.25, 0.3) is 0 Å². The van der Waals surface area contributed by atoms with Crippen LogP contribution in [0.1, 0.15) is 40.0 Å². The van der Waals surface area contributed by atoms with E-state index >= 15 is 0 Å². The summed E-state index contributed by atoms with van der Waals surface area (Å²) in [5, 5.41) is 12.3. The second-order valence-electron chi connectivity index (χ2n) is 4.88. The number of carbonyl (C=O) groups is 1. The van der Waals surface area contributed by atoms with Gasteiger partial charge in [-0.25, -0.2) is 0 Å². The van der Waals surface area contributed by atoms with Gasteiger partial charge in [-0.05, 0) is 33.6 Å². The first-order chi connectivity index (χ1) is 5.90. The molecule has 3 nitrogen and oxygen atoms in total. The maximum Gasteiger partial charge on any atom is 0.308 e. The zero-order valence-electron chi connectivity index (χ0n) is 8.63. The Hall–Kier alpha value is -0.570. The summed E-state index contributed by atoms with van der Waals surface area (Å²) in [5.74, 6) is -0.835. The molecule has 2 N–H and O–H groups in total. The van der Waals surface area contributed by atoms with Crippen LogP contribution < -0.4 is 5.32 Å². The van der Waals surface area contributed by atoms with E-state index in [0.717, 1.165) is 19.3 Å². The molecule has 13 heavy (non-hydrogen) atoms. The van der Waals surface area contributed by atoms with E-state index in [4.69, 9.17) is 5.11 Å². The number of hydrogen-bond acceptors (Lipinski definition) is 2. The highest BCUT2D eigenvalue weighted by molar-refractivity contribution is 5.71. The third-order valence-electron chi connectivity index (χ3n) is 2.45. The highest BCUT2D eigenvalue weighted by Crippen LogP contribution is 2.27. The molecule has 2 unspecified atom stereocenters. The van der Waals surface area contributed by atoms with Crippen LogP contribution in [-0.2, 0) is 4.79 Å². The van der Waals surface area contributed by atoms with Gasteiger partial charge in [-0.2, -0.15) is 0 Å². The largest absolute Gasteiger partial charge is 0.481 e. The van der Waals surface area contributed by atoms with Crippen LogP contribution in [0.4, 0.5) is 0 Å². The topological polar surface area (TPSA) is 49.3 Å². The van der Waals surface area contributed by atoms with Gasteiger partial charge in [-0.3, -0.25) is 4.79 Å². The van der Waals surface area contributed by atoms with Crippen molar-refractivity contribution in [1.29, 1.82) is 0 Å². The summed E-state index contributed by atoms with van der Waals surface area (Å²) >= 11 is 0. The molecular formula is C10H19NO2. The fourth-order valence-electron chi connectivity index (χ4n) is 1.98. The van der Waals surface area contributed by atoms with Crippen LogP contribution in [0, 0.1) is 5.92 Å². The van der Waals surface area contributed by atoms with Crippen molar-refractivity contribution in [1.82, 2.24) is 5.32 Å². The minimum atomic E-state index is -0.653. The standard InChI is InChI=1S/C10H19NO2/c1-10(2,3)11-8-6-4-5-7(8)9(12)13/h7-8,11H,4-6H2,1-3H3,(H,12,13). The first kappa shape index (κ1) is 10.5. The molecule has 0 aliphatic heterocycles. The minimum Gasteiger partial charge on any atom is -0.481 e. The zero-order chi connectivity index (χ0) is 10.1. The lowest BCUT2D eigenvalue weighted by Crippen LogP contribution is -2.46. The molecule has 76 valence electrons. The van der Waals surface area contributed by atoms with Crippen molar-refractivity contribution in [3.05, 3.63) is 0 Å². The molecule has 0 bridgehead atoms. The molecule has 0 amide bonds. The Kier molecular flexibility index (Phi) is 2.96. The molecule has 1 aliphatic carbocycles. The van der Waals surface area contributed by atoms with Crippen LogP contribution in [0.2, 0.25) is 0 Å². The average molecular weight is 185 g/mol. The number of carboxylic acid groups (broad SMARTS) is 1. The predicted octanol–water partition coefficient (Wildman–Crippen LogP) is 1.63. The van der Waals surface area contributed by atoms with Gasteiger partial charge in [0.15, 0.2) is 0 Å². The summed E-state index contributed by atoms with van der Waals surface area (Å²) in [4.78, 5) is 10.9. The predicted molar refractivity (Wildman–Crippen MR) is 51.7 cm³/mol. The molecule has 1 aliphatic rings. The average Bonchev–Trinajstić information content (AvgIpc) is 2.31. The highest BCUT2D eigenvalue weighted by Gasteiger charge is 2.34. The van der Waals surface area contributed by atoms with Crippen molar-refractivity contribution in [2.45, 2.75) is 51.6 Å². The Morgan fingerprint density at radius 2 is 2.00 bits per heavy atom. The van der Waals surface area contributed by atoms with Crippen LogP contribution in [0.5, 0.6) is 0 Å². The molecule has 0 aromatic carbocycles. The fourth-order valence-corrected chi connectivity index (χ4v) is 1.98. The van der Waals surface area contributed by atoms with E-state index in [1.54, 1.807) is 0 Å². The molecule has 1 saturated carbocycles. The van der Waals surface area contributed by atoms with Gasteiger partial charge in [-0.1, -0.05) is 6.42 Å². The quantitative estimate of drug-likeness (QED) is 0.687. The van der Waals surface area contributed by atoms with Crippen molar-refractivity contribution in [3.8, 4) is 0 Å². The van der Waals surface area contributed by atoms with Crippen molar-refractivity contribution >= 4 is 5.97 Å². The van der Waals surface area contributed by atoms with Gasteiger partial charge in [0, 0.05) is 11.6 Å². The zero-order valence-corrected chi connectivity index (χ0v) is 8.63. The normalized spacial score (nSPS) is 29.2. The first-order valence-electron chi connectivity index (χ1n) is 4.90. The maximum absolute atomic E-state index is 10.9. The molecule has 3 heteroatoms. The SMILES string of the molecule is CC(C)(C)NC1CCCC1C(=O)O. The first-order valence-corrected chi connectivity index (χ1v) is 4.90. The van der Waals surface area contributed by atoms with Crippen molar-refractivity contribution in [2.75, 3.05) is 0 Å². The lowest BCUT2D eigenvalue weighted by molar-refractivity contribution is -0.142. The molecule has 0 heterocycles. The van der Waals surface area contributed by atoms with E-state index < -0.39 is 5.97 Å². The summed E-state index contributed by atoms with van der Waals surface area (Å²) in [7, 11) is 0. The highest BCUT2D eigenvalue weighted by atomic mass is 16.4. The number of rotatable bonds is 2. The van der Waals surface area contributed by atoms with E-state index in [0.29, 0.717) is 0 Å². The van der Waals surface area contributed by atoms with Crippen LogP contribution in [0.15, 0.2) is 0 Å². The fraction of sp³-hybridized carbons (Fsp3) is 0.900.